The smallest absolute Gasteiger partial charge is 0.362 e. The van der Waals surface area contributed by atoms with Crippen LogP contribution in [-0.4, -0.2) is 11.2 Å². The van der Waals surface area contributed by atoms with Gasteiger partial charge in [-0.05, 0) is 0 Å². The van der Waals surface area contributed by atoms with E-state index < -0.39 is 6.08 Å². The molecule has 37 valence electrons. The van der Waals surface area contributed by atoms with Crippen molar-refractivity contribution in [1.82, 2.24) is 0 Å². The van der Waals surface area contributed by atoms with Crippen molar-refractivity contribution < 1.29 is 27.0 Å². The van der Waals surface area contributed by atoms with Crippen molar-refractivity contribution in [3.8, 4) is 0 Å². The molecule has 0 bridgehead atoms. The minimum absolute atomic E-state index is 0. The average molecular weight is 130 g/mol. The van der Waals surface area contributed by atoms with E-state index in [1.165, 1.54) is 0 Å². The van der Waals surface area contributed by atoms with Crippen molar-refractivity contribution in [2.24, 2.45) is 0 Å². The molecule has 0 saturated heterocycles. The Morgan fingerprint density at radius 1 is 1.83 bits per heavy atom. The molecule has 6 heavy (non-hydrogen) atoms. The molecular weight excluding hydrogens is 127 g/mol. The number of hydrogen-bond acceptors (Lipinski definition) is 2. The van der Waals surface area contributed by atoms with Crippen LogP contribution in [0.25, 0.3) is 5.90 Å². The average Bonchev–Trinajstić information content (AvgIpc) is 1.38. The third-order valence-corrected chi connectivity index (χ3v) is 0.0967. The molecule has 0 amide bonds. The van der Waals surface area contributed by atoms with Crippen molar-refractivity contribution in [2.75, 3.05) is 0 Å². The Hall–Kier alpha value is -0.251. The second-order valence-corrected chi connectivity index (χ2v) is 0.407. The predicted octanol–water partition coefficient (Wildman–Crippen LogP) is 0.460. The molecule has 0 spiro atoms. The number of aliphatic hydroxyl groups excluding tert-OH is 1. The third-order valence-electron chi connectivity index (χ3n) is 0.0967. The van der Waals surface area contributed by atoms with Crippen molar-refractivity contribution in [2.45, 2.75) is 0 Å². The Kier molecular flexibility index (Phi) is 7.30. The first kappa shape index (κ1) is 9.23. The number of nitrogens with one attached hydrogen (secondary N) is 2. The standard InChI is InChI=1S/CH3N2O2.Mn/c2-1(4)5-3;/h3H,(H2,2,4);/q-1;. The van der Waals surface area contributed by atoms with E-state index in [1.807, 2.05) is 0 Å². The summed E-state index contributed by atoms with van der Waals surface area (Å²) < 4.78 is 0. The van der Waals surface area contributed by atoms with Gasteiger partial charge < -0.3 is 15.8 Å². The fourth-order valence-electron chi connectivity index (χ4n) is 0. The first-order valence-electron chi connectivity index (χ1n) is 0.882. The van der Waals surface area contributed by atoms with E-state index in [1.54, 1.807) is 0 Å². The molecule has 0 aliphatic carbocycles. The molecule has 3 N–H and O–H groups in total. The molecule has 0 unspecified atom stereocenters. The summed E-state index contributed by atoms with van der Waals surface area (Å²) in [5.74, 6) is 5.68. The Labute approximate surface area is 45.2 Å². The molecule has 0 rings (SSSR count). The van der Waals surface area contributed by atoms with E-state index in [-0.39, 0.29) is 17.1 Å². The zero-order chi connectivity index (χ0) is 4.28. The number of hydrogen-bond donors (Lipinski definition) is 2. The van der Waals surface area contributed by atoms with Gasteiger partial charge >= 0.3 is 6.08 Å². The van der Waals surface area contributed by atoms with Crippen LogP contribution in [0, 0.1) is 5.41 Å². The first-order chi connectivity index (χ1) is 2.27. The zero-order valence-corrected chi connectivity index (χ0v) is 3.91. The van der Waals surface area contributed by atoms with E-state index in [9.17, 15) is 0 Å². The first-order valence-corrected chi connectivity index (χ1v) is 0.882. The van der Waals surface area contributed by atoms with Crippen LogP contribution in [0.4, 0.5) is 0 Å². The predicted molar refractivity (Wildman–Crippen MR) is 15.8 cm³/mol. The SMILES string of the molecule is N=C(O)O[NH-].[Mn]. The van der Waals surface area contributed by atoms with Gasteiger partial charge in [0.05, 0.1) is 0 Å². The van der Waals surface area contributed by atoms with Gasteiger partial charge in [0.2, 0.25) is 0 Å². The van der Waals surface area contributed by atoms with Crippen molar-refractivity contribution in [3.05, 3.63) is 5.90 Å². The molecule has 1 radical (unpaired) electrons. The maximum Gasteiger partial charge on any atom is 0.362 e. The fourth-order valence-corrected chi connectivity index (χ4v) is 0. The molecule has 0 saturated carbocycles. The van der Waals surface area contributed by atoms with Gasteiger partial charge in [0.1, 0.15) is 0 Å². The van der Waals surface area contributed by atoms with Crippen LogP contribution in [0.1, 0.15) is 0 Å². The fraction of sp³-hybridized carbons (Fsp3) is 0. The van der Waals surface area contributed by atoms with Crippen molar-refractivity contribution >= 4 is 6.08 Å². The van der Waals surface area contributed by atoms with Gasteiger partial charge in [0, 0.05) is 17.1 Å². The van der Waals surface area contributed by atoms with Crippen molar-refractivity contribution in [1.29, 1.82) is 5.41 Å². The summed E-state index contributed by atoms with van der Waals surface area (Å²) in [6, 6.07) is 0. The van der Waals surface area contributed by atoms with Crippen molar-refractivity contribution in [3.63, 3.8) is 0 Å². The molecular formula is CH3MnN2O2-. The maximum atomic E-state index is 7.53. The molecule has 0 heterocycles. The summed E-state index contributed by atoms with van der Waals surface area (Å²) in [4.78, 5) is 3.14. The Balaban J connectivity index is 0. The van der Waals surface area contributed by atoms with Crippen LogP contribution in [0.15, 0.2) is 0 Å². The quantitative estimate of drug-likeness (QED) is 0.216. The van der Waals surface area contributed by atoms with Crippen LogP contribution in [0.3, 0.4) is 0 Å². The summed E-state index contributed by atoms with van der Waals surface area (Å²) in [7, 11) is 0. The minimum Gasteiger partial charge on any atom is -0.549 e. The second-order valence-electron chi connectivity index (χ2n) is 0.407. The zero-order valence-electron chi connectivity index (χ0n) is 2.73. The molecule has 0 aromatic rings. The van der Waals surface area contributed by atoms with Gasteiger partial charge in [-0.25, -0.2) is 5.41 Å². The summed E-state index contributed by atoms with van der Waals surface area (Å²) in [5, 5.41) is 13.4. The Morgan fingerprint density at radius 3 is 2.00 bits per heavy atom. The topological polar surface area (TPSA) is 77.1 Å². The second kappa shape index (κ2) is 4.75. The van der Waals surface area contributed by atoms with E-state index in [0.29, 0.717) is 0 Å². The molecule has 0 aromatic heterocycles. The van der Waals surface area contributed by atoms with Crippen LogP contribution >= 0.6 is 0 Å². The van der Waals surface area contributed by atoms with E-state index >= 15 is 0 Å². The van der Waals surface area contributed by atoms with Gasteiger partial charge in [-0.3, -0.25) is 0 Å². The summed E-state index contributed by atoms with van der Waals surface area (Å²) in [6.45, 7) is 0. The molecule has 0 aliphatic rings. The van der Waals surface area contributed by atoms with Crippen LogP contribution in [0.2, 0.25) is 0 Å². The van der Waals surface area contributed by atoms with Crippen LogP contribution < -0.4 is 0 Å². The summed E-state index contributed by atoms with van der Waals surface area (Å²) in [6.07, 6.45) is -1.08. The van der Waals surface area contributed by atoms with E-state index in [0.717, 1.165) is 0 Å². The Bertz CT molecular complexity index is 46.8. The summed E-state index contributed by atoms with van der Waals surface area (Å²) in [5.41, 5.74) is 0. The minimum atomic E-state index is -1.08. The summed E-state index contributed by atoms with van der Waals surface area (Å²) >= 11 is 0. The largest absolute Gasteiger partial charge is 0.549 e. The normalized spacial score (nSPS) is 5.50. The molecule has 0 atom stereocenters. The van der Waals surface area contributed by atoms with Gasteiger partial charge in [-0.2, -0.15) is 0 Å². The van der Waals surface area contributed by atoms with Crippen LogP contribution in [0.5, 0.6) is 0 Å². The van der Waals surface area contributed by atoms with Crippen LogP contribution in [-0.2, 0) is 21.9 Å². The van der Waals surface area contributed by atoms with E-state index in [2.05, 4.69) is 4.84 Å². The number of aliphatic hydroxyl groups is 1. The van der Waals surface area contributed by atoms with Gasteiger partial charge in [-0.15, -0.1) is 0 Å². The molecule has 0 aliphatic heterocycles. The maximum absolute atomic E-state index is 7.53. The Morgan fingerprint density at radius 2 is 2.00 bits per heavy atom. The van der Waals surface area contributed by atoms with Gasteiger partial charge in [-0.1, -0.05) is 0 Å². The molecule has 5 heteroatoms. The van der Waals surface area contributed by atoms with Gasteiger partial charge in [0.25, 0.3) is 0 Å². The van der Waals surface area contributed by atoms with E-state index in [4.69, 9.17) is 16.4 Å². The molecule has 0 fully saturated rings. The van der Waals surface area contributed by atoms with Gasteiger partial charge in [0.15, 0.2) is 0 Å². The third kappa shape index (κ3) is 9.26. The monoisotopic (exact) mass is 130 g/mol. The number of rotatable bonds is 0. The molecule has 4 nitrogen and oxygen atoms in total. The molecule has 0 aromatic carbocycles.